The van der Waals surface area contributed by atoms with Crippen molar-refractivity contribution in [2.45, 2.75) is 32.9 Å². The van der Waals surface area contributed by atoms with Crippen LogP contribution in [-0.4, -0.2) is 35.4 Å². The number of fused-ring (bicyclic) bond motifs is 1. The van der Waals surface area contributed by atoms with E-state index >= 15 is 0 Å². The Hall–Kier alpha value is -2.74. The topological polar surface area (TPSA) is 68.7 Å². The van der Waals surface area contributed by atoms with E-state index in [0.717, 1.165) is 12.1 Å². The van der Waals surface area contributed by atoms with Gasteiger partial charge >= 0.3 is 5.97 Å². The minimum Gasteiger partial charge on any atom is -0.474 e. The number of alkyl halides is 1. The van der Waals surface area contributed by atoms with Gasteiger partial charge in [-0.1, -0.05) is 6.07 Å². The number of hydrogen-bond acceptors (Lipinski definition) is 5. The number of amides is 1. The summed E-state index contributed by atoms with van der Waals surface area (Å²) >= 11 is 5.74. The van der Waals surface area contributed by atoms with Crippen molar-refractivity contribution in [3.8, 4) is 5.88 Å². The number of benzene rings is 1. The number of halogens is 3. The highest BCUT2D eigenvalue weighted by Gasteiger charge is 2.31. The van der Waals surface area contributed by atoms with Gasteiger partial charge in [0.25, 0.3) is 0 Å². The van der Waals surface area contributed by atoms with Crippen molar-refractivity contribution in [1.82, 2.24) is 4.98 Å². The minimum absolute atomic E-state index is 0.0558. The van der Waals surface area contributed by atoms with E-state index in [0.29, 0.717) is 16.9 Å². The van der Waals surface area contributed by atoms with E-state index in [9.17, 15) is 18.4 Å². The molecule has 1 amide bonds. The van der Waals surface area contributed by atoms with Gasteiger partial charge in [0.05, 0.1) is 11.7 Å². The monoisotopic (exact) mass is 424 g/mol. The summed E-state index contributed by atoms with van der Waals surface area (Å²) < 4.78 is 38.1. The molecule has 154 valence electrons. The zero-order valence-electron chi connectivity index (χ0n) is 15.9. The molecule has 1 aromatic heterocycles. The van der Waals surface area contributed by atoms with Gasteiger partial charge in [0.15, 0.2) is 0 Å². The quantitative estimate of drug-likeness (QED) is 0.543. The molecule has 0 saturated carbocycles. The van der Waals surface area contributed by atoms with Gasteiger partial charge in [-0.3, -0.25) is 9.59 Å². The highest BCUT2D eigenvalue weighted by atomic mass is 35.5. The molecule has 0 radical (unpaired) electrons. The molecule has 0 spiro atoms. The Morgan fingerprint density at radius 1 is 1.31 bits per heavy atom. The van der Waals surface area contributed by atoms with Crippen LogP contribution in [0.1, 0.15) is 30.7 Å². The lowest BCUT2D eigenvalue weighted by Gasteiger charge is -2.34. The second-order valence-corrected chi connectivity index (χ2v) is 6.94. The molecule has 1 aromatic carbocycles. The number of ether oxygens (including phenoxy) is 2. The van der Waals surface area contributed by atoms with Gasteiger partial charge in [-0.05, 0) is 30.2 Å². The second kappa shape index (κ2) is 8.73. The predicted octanol–water partition coefficient (Wildman–Crippen LogP) is 3.37. The molecule has 6 nitrogen and oxygen atoms in total. The van der Waals surface area contributed by atoms with Crippen molar-refractivity contribution in [3.63, 3.8) is 0 Å². The fourth-order valence-electron chi connectivity index (χ4n) is 3.11. The first-order valence-corrected chi connectivity index (χ1v) is 9.44. The van der Waals surface area contributed by atoms with Crippen molar-refractivity contribution in [2.24, 2.45) is 0 Å². The Kier molecular flexibility index (Phi) is 6.32. The normalized spacial score (nSPS) is 15.5. The molecule has 29 heavy (non-hydrogen) atoms. The van der Waals surface area contributed by atoms with Gasteiger partial charge in [0, 0.05) is 19.4 Å². The summed E-state index contributed by atoms with van der Waals surface area (Å²) in [5.74, 6) is -2.24. The van der Waals surface area contributed by atoms with Crippen LogP contribution in [0.3, 0.4) is 0 Å². The minimum atomic E-state index is -0.709. The fourth-order valence-corrected chi connectivity index (χ4v) is 3.24. The fraction of sp³-hybridized carbons (Fsp3) is 0.350. The molecule has 2 heterocycles. The Labute approximate surface area is 171 Å². The number of carbonyl (C=O) groups excluding carboxylic acids is 2. The zero-order valence-corrected chi connectivity index (χ0v) is 16.6. The molecule has 1 aliphatic heterocycles. The zero-order chi connectivity index (χ0) is 21.1. The SMILES string of the molecule is CC(=O)OCc1nc2c(cc1Cc1ccc(F)cc1F)N(C(=O)CCl)C(C)CO2. The maximum absolute atomic E-state index is 14.2. The number of aromatic nitrogens is 1. The summed E-state index contributed by atoms with van der Waals surface area (Å²) in [6.07, 6.45) is 0.0558. The van der Waals surface area contributed by atoms with Crippen molar-refractivity contribution in [3.05, 3.63) is 52.7 Å². The van der Waals surface area contributed by atoms with Gasteiger partial charge in [-0.2, -0.15) is 0 Å². The largest absolute Gasteiger partial charge is 0.474 e. The average Bonchev–Trinajstić information content (AvgIpc) is 2.67. The summed E-state index contributed by atoms with van der Waals surface area (Å²) in [6, 6.07) is 4.65. The van der Waals surface area contributed by atoms with Crippen molar-refractivity contribution >= 4 is 29.2 Å². The molecule has 0 N–H and O–H groups in total. The third-order valence-electron chi connectivity index (χ3n) is 4.49. The van der Waals surface area contributed by atoms with E-state index < -0.39 is 17.6 Å². The van der Waals surface area contributed by atoms with E-state index in [1.165, 1.54) is 17.9 Å². The van der Waals surface area contributed by atoms with Crippen LogP contribution in [0.5, 0.6) is 5.88 Å². The van der Waals surface area contributed by atoms with Crippen LogP contribution in [0, 0.1) is 11.6 Å². The number of pyridine rings is 1. The van der Waals surface area contributed by atoms with Crippen LogP contribution >= 0.6 is 11.6 Å². The van der Waals surface area contributed by atoms with Gasteiger partial charge in [-0.15, -0.1) is 11.6 Å². The van der Waals surface area contributed by atoms with E-state index in [1.54, 1.807) is 13.0 Å². The molecule has 3 rings (SSSR count). The first kappa shape index (κ1) is 21.0. The highest BCUT2D eigenvalue weighted by molar-refractivity contribution is 6.29. The number of nitrogens with zero attached hydrogens (tertiary/aromatic N) is 2. The van der Waals surface area contributed by atoms with Crippen LogP contribution in [0.15, 0.2) is 24.3 Å². The number of anilines is 1. The highest BCUT2D eigenvalue weighted by Crippen LogP contribution is 2.35. The lowest BCUT2D eigenvalue weighted by molar-refractivity contribution is -0.142. The van der Waals surface area contributed by atoms with Crippen LogP contribution in [0.4, 0.5) is 14.5 Å². The molecule has 9 heteroatoms. The summed E-state index contributed by atoms with van der Waals surface area (Å²) in [5.41, 5.74) is 1.51. The first-order chi connectivity index (χ1) is 13.8. The lowest BCUT2D eigenvalue weighted by atomic mass is 10.0. The Balaban J connectivity index is 2.07. The first-order valence-electron chi connectivity index (χ1n) is 8.91. The molecule has 1 aliphatic rings. The Morgan fingerprint density at radius 3 is 2.72 bits per heavy atom. The summed E-state index contributed by atoms with van der Waals surface area (Å²) in [5, 5.41) is 0. The van der Waals surface area contributed by atoms with Crippen molar-refractivity contribution in [2.75, 3.05) is 17.4 Å². The van der Waals surface area contributed by atoms with Gasteiger partial charge in [0.2, 0.25) is 11.8 Å². The average molecular weight is 425 g/mol. The predicted molar refractivity (Wildman–Crippen MR) is 102 cm³/mol. The lowest BCUT2D eigenvalue weighted by Crippen LogP contribution is -2.46. The number of hydrogen-bond donors (Lipinski definition) is 0. The number of rotatable bonds is 5. The molecule has 2 aromatic rings. The summed E-state index contributed by atoms with van der Waals surface area (Å²) in [4.78, 5) is 29.5. The maximum Gasteiger partial charge on any atom is 0.303 e. The molecular weight excluding hydrogens is 406 g/mol. The van der Waals surface area contributed by atoms with Gasteiger partial charge < -0.3 is 14.4 Å². The number of esters is 1. The molecule has 1 atom stereocenters. The molecule has 0 bridgehead atoms. The summed E-state index contributed by atoms with van der Waals surface area (Å²) in [7, 11) is 0. The van der Waals surface area contributed by atoms with Crippen LogP contribution in [0.2, 0.25) is 0 Å². The van der Waals surface area contributed by atoms with Crippen LogP contribution in [0.25, 0.3) is 0 Å². The van der Waals surface area contributed by atoms with E-state index in [4.69, 9.17) is 21.1 Å². The Bertz CT molecular complexity index is 954. The maximum atomic E-state index is 14.2. The Morgan fingerprint density at radius 2 is 2.07 bits per heavy atom. The molecular formula is C20H19ClF2N2O4. The number of carbonyl (C=O) groups is 2. The molecule has 1 unspecified atom stereocenters. The smallest absolute Gasteiger partial charge is 0.303 e. The molecule has 0 fully saturated rings. The van der Waals surface area contributed by atoms with Gasteiger partial charge in [-0.25, -0.2) is 13.8 Å². The van der Waals surface area contributed by atoms with Crippen molar-refractivity contribution in [1.29, 1.82) is 0 Å². The van der Waals surface area contributed by atoms with Crippen LogP contribution < -0.4 is 9.64 Å². The van der Waals surface area contributed by atoms with E-state index in [1.807, 2.05) is 0 Å². The standard InChI is InChI=1S/C20H19ClF2N2O4/c1-11-9-29-20-18(25(11)19(27)8-21)6-14(17(24-20)10-28-12(2)26)5-13-3-4-15(22)7-16(13)23/h3-4,6-7,11H,5,8-10H2,1-2H3. The van der Waals surface area contributed by atoms with E-state index in [-0.39, 0.29) is 48.9 Å². The molecule has 0 aliphatic carbocycles. The summed E-state index contributed by atoms with van der Waals surface area (Å²) in [6.45, 7) is 3.14. The third kappa shape index (κ3) is 4.64. The second-order valence-electron chi connectivity index (χ2n) is 6.67. The molecule has 0 saturated heterocycles. The van der Waals surface area contributed by atoms with Gasteiger partial charge in [0.1, 0.15) is 36.4 Å². The van der Waals surface area contributed by atoms with Crippen LogP contribution in [-0.2, 0) is 27.4 Å². The van der Waals surface area contributed by atoms with Crippen molar-refractivity contribution < 1.29 is 27.8 Å². The third-order valence-corrected chi connectivity index (χ3v) is 4.72. The van der Waals surface area contributed by atoms with E-state index in [2.05, 4.69) is 4.98 Å².